The van der Waals surface area contributed by atoms with Crippen molar-refractivity contribution in [3.05, 3.63) is 85.0 Å². The third kappa shape index (κ3) is 2.87. The molecule has 9 nitrogen and oxygen atoms in total. The first-order valence-electron chi connectivity index (χ1n) is 11.1. The summed E-state index contributed by atoms with van der Waals surface area (Å²) in [5.74, 6) is -0.0509. The van der Waals surface area contributed by atoms with Gasteiger partial charge >= 0.3 is 5.97 Å². The molecule has 3 heterocycles. The number of hydrogen-bond donors (Lipinski definition) is 5. The van der Waals surface area contributed by atoms with E-state index in [0.29, 0.717) is 16.9 Å². The van der Waals surface area contributed by atoms with Crippen LogP contribution in [0.1, 0.15) is 17.3 Å². The molecule has 3 saturated heterocycles. The molecule has 0 aromatic heterocycles. The Morgan fingerprint density at radius 1 is 1.12 bits per heavy atom. The molecule has 0 aliphatic carbocycles. The molecule has 0 saturated carbocycles. The Labute approximate surface area is 197 Å². The first kappa shape index (κ1) is 22.3. The number of hydrogen-bond acceptors (Lipinski definition) is 9. The summed E-state index contributed by atoms with van der Waals surface area (Å²) < 4.78 is 5.91. The van der Waals surface area contributed by atoms with E-state index < -0.39 is 35.4 Å². The molecular weight excluding hydrogens is 436 g/mol. The molecule has 3 fully saturated rings. The lowest BCUT2D eigenvalue weighted by atomic mass is 9.79. The minimum atomic E-state index is -1.77. The van der Waals surface area contributed by atoms with Gasteiger partial charge in [-0.25, -0.2) is 9.86 Å². The third-order valence-corrected chi connectivity index (χ3v) is 7.22. The number of hydroxylamine groups is 2. The van der Waals surface area contributed by atoms with E-state index in [4.69, 9.17) is 4.74 Å². The zero-order chi connectivity index (χ0) is 24.3. The fourth-order valence-corrected chi connectivity index (χ4v) is 5.58. The zero-order valence-electron chi connectivity index (χ0n) is 18.8. The molecule has 2 aromatic rings. The van der Waals surface area contributed by atoms with Crippen LogP contribution in [-0.4, -0.2) is 74.0 Å². The van der Waals surface area contributed by atoms with Crippen molar-refractivity contribution in [3.63, 3.8) is 0 Å². The van der Waals surface area contributed by atoms with Gasteiger partial charge in [0.15, 0.2) is 11.8 Å². The number of rotatable bonds is 4. The molecule has 3 aliphatic heterocycles. The Balaban J connectivity index is 1.51. The second-order valence-electron chi connectivity index (χ2n) is 9.05. The molecule has 2 aromatic carbocycles. The highest BCUT2D eigenvalue weighted by atomic mass is 16.6. The molecule has 178 valence electrons. The van der Waals surface area contributed by atoms with Gasteiger partial charge < -0.3 is 30.5 Å². The molecular formula is C25H28N4O5. The Hall–Kier alpha value is -3.53. The quantitative estimate of drug-likeness (QED) is 0.426. The SMILES string of the molecule is C=C1NC2[C@H](CO)NC(=C)N3C[C@H](OC(=O)c4ccccc4-c4ccccc4)[C@](C)(O)C23N1O. The first-order chi connectivity index (χ1) is 16.2. The van der Waals surface area contributed by atoms with Gasteiger partial charge in [0.25, 0.3) is 0 Å². The van der Waals surface area contributed by atoms with Crippen molar-refractivity contribution in [3.8, 4) is 11.1 Å². The van der Waals surface area contributed by atoms with Gasteiger partial charge in [0, 0.05) is 0 Å². The molecule has 0 bridgehead atoms. The fraction of sp³-hybridized carbons (Fsp3) is 0.320. The van der Waals surface area contributed by atoms with Crippen LogP contribution in [0.2, 0.25) is 0 Å². The molecule has 5 N–H and O–H groups in total. The Kier molecular flexibility index (Phi) is 5.09. The minimum Gasteiger partial charge on any atom is -0.454 e. The molecule has 1 spiro atoms. The largest absolute Gasteiger partial charge is 0.454 e. The summed E-state index contributed by atoms with van der Waals surface area (Å²) in [5, 5.41) is 39.9. The Morgan fingerprint density at radius 2 is 1.79 bits per heavy atom. The smallest absolute Gasteiger partial charge is 0.339 e. The zero-order valence-corrected chi connectivity index (χ0v) is 18.8. The van der Waals surface area contributed by atoms with E-state index in [1.807, 2.05) is 42.5 Å². The van der Waals surface area contributed by atoms with Crippen LogP contribution in [0, 0.1) is 0 Å². The number of nitrogens with zero attached hydrogens (tertiary/aromatic N) is 2. The van der Waals surface area contributed by atoms with Crippen molar-refractivity contribution >= 4 is 5.97 Å². The van der Waals surface area contributed by atoms with Gasteiger partial charge in [-0.1, -0.05) is 61.7 Å². The van der Waals surface area contributed by atoms with Crippen LogP contribution >= 0.6 is 0 Å². The average molecular weight is 465 g/mol. The van der Waals surface area contributed by atoms with Gasteiger partial charge in [0.05, 0.1) is 36.6 Å². The van der Waals surface area contributed by atoms with Gasteiger partial charge in [-0.2, -0.15) is 0 Å². The Morgan fingerprint density at radius 3 is 2.50 bits per heavy atom. The molecule has 0 amide bonds. The lowest BCUT2D eigenvalue weighted by Gasteiger charge is -2.54. The second-order valence-corrected chi connectivity index (χ2v) is 9.05. The number of aliphatic hydroxyl groups is 2. The molecule has 9 heteroatoms. The number of aliphatic hydroxyl groups excluding tert-OH is 1. The van der Waals surface area contributed by atoms with E-state index in [9.17, 15) is 20.2 Å². The summed E-state index contributed by atoms with van der Waals surface area (Å²) in [7, 11) is 0. The average Bonchev–Trinajstić information content (AvgIpc) is 3.25. The van der Waals surface area contributed by atoms with Crippen molar-refractivity contribution in [1.82, 2.24) is 20.6 Å². The summed E-state index contributed by atoms with van der Waals surface area (Å²) in [6, 6.07) is 15.4. The van der Waals surface area contributed by atoms with Crippen molar-refractivity contribution in [2.24, 2.45) is 0 Å². The third-order valence-electron chi connectivity index (χ3n) is 7.22. The van der Waals surface area contributed by atoms with Crippen LogP contribution in [0.3, 0.4) is 0 Å². The number of esters is 1. The standard InChI is InChI=1S/C25H28N4O5/c1-15-26-20(14-30)22-25(29(33)16(2)27-22)24(3,32)21(13-28(15)25)34-23(31)19-12-8-7-11-18(19)17-9-5-4-6-10-17/h4-12,20-22,26-27,30,32-33H,1-2,13-14H2,3H3/t20-,21-,22?,24-,25?/m0/s1. The molecule has 3 aliphatic rings. The van der Waals surface area contributed by atoms with Crippen molar-refractivity contribution in [2.45, 2.75) is 36.4 Å². The highest BCUT2D eigenvalue weighted by molar-refractivity contribution is 5.97. The lowest BCUT2D eigenvalue weighted by molar-refractivity contribution is -0.250. The second kappa shape index (κ2) is 7.76. The number of ether oxygens (including phenoxy) is 1. The monoisotopic (exact) mass is 464 g/mol. The first-order valence-corrected chi connectivity index (χ1v) is 11.1. The summed E-state index contributed by atoms with van der Waals surface area (Å²) in [4.78, 5) is 15.0. The maximum absolute atomic E-state index is 13.4. The lowest BCUT2D eigenvalue weighted by Crippen LogP contribution is -2.78. The van der Waals surface area contributed by atoms with Gasteiger partial charge in [0.2, 0.25) is 0 Å². The summed E-state index contributed by atoms with van der Waals surface area (Å²) >= 11 is 0. The predicted molar refractivity (Wildman–Crippen MR) is 124 cm³/mol. The van der Waals surface area contributed by atoms with Crippen molar-refractivity contribution in [1.29, 1.82) is 0 Å². The molecule has 2 unspecified atom stereocenters. The van der Waals surface area contributed by atoms with Crippen molar-refractivity contribution < 1.29 is 25.0 Å². The van der Waals surface area contributed by atoms with E-state index in [1.165, 1.54) is 6.92 Å². The van der Waals surface area contributed by atoms with E-state index in [-0.39, 0.29) is 19.0 Å². The number of nitrogens with one attached hydrogen (secondary N) is 2. The summed E-state index contributed by atoms with van der Waals surface area (Å²) in [5.41, 5.74) is -1.32. The molecule has 34 heavy (non-hydrogen) atoms. The van der Waals surface area contributed by atoms with Crippen LogP contribution in [0.4, 0.5) is 0 Å². The number of benzene rings is 2. The maximum Gasteiger partial charge on any atom is 0.339 e. The highest BCUT2D eigenvalue weighted by Gasteiger charge is 2.75. The predicted octanol–water partition coefficient (Wildman–Crippen LogP) is 1.21. The number of carbonyl (C=O) groups is 1. The molecule has 0 radical (unpaired) electrons. The van der Waals surface area contributed by atoms with Gasteiger partial charge in [-0.3, -0.25) is 5.21 Å². The fourth-order valence-electron chi connectivity index (χ4n) is 5.58. The Bertz CT molecular complexity index is 1150. The van der Waals surface area contributed by atoms with Crippen LogP contribution in [-0.2, 0) is 4.74 Å². The van der Waals surface area contributed by atoms with Gasteiger partial charge in [-0.15, -0.1) is 0 Å². The number of carbonyl (C=O) groups excluding carboxylic acids is 1. The maximum atomic E-state index is 13.4. The van der Waals surface area contributed by atoms with Gasteiger partial charge in [0.1, 0.15) is 11.4 Å². The highest BCUT2D eigenvalue weighted by Crippen LogP contribution is 2.52. The van der Waals surface area contributed by atoms with E-state index in [2.05, 4.69) is 23.8 Å². The van der Waals surface area contributed by atoms with Crippen LogP contribution in [0.25, 0.3) is 11.1 Å². The van der Waals surface area contributed by atoms with Crippen molar-refractivity contribution in [2.75, 3.05) is 13.2 Å². The minimum absolute atomic E-state index is 0.0682. The van der Waals surface area contributed by atoms with Crippen LogP contribution in [0.5, 0.6) is 0 Å². The summed E-state index contributed by atoms with van der Waals surface area (Å²) in [6.45, 7) is 9.15. The van der Waals surface area contributed by atoms with E-state index in [0.717, 1.165) is 10.6 Å². The van der Waals surface area contributed by atoms with E-state index >= 15 is 0 Å². The topological polar surface area (TPSA) is 118 Å². The molecule has 5 atom stereocenters. The van der Waals surface area contributed by atoms with Gasteiger partial charge in [-0.05, 0) is 24.1 Å². The molecule has 5 rings (SSSR count). The van der Waals surface area contributed by atoms with E-state index in [1.54, 1.807) is 17.0 Å². The summed E-state index contributed by atoms with van der Waals surface area (Å²) in [6.07, 6.45) is -1.02. The van der Waals surface area contributed by atoms with Crippen LogP contribution in [0.15, 0.2) is 79.4 Å². The van der Waals surface area contributed by atoms with Crippen LogP contribution < -0.4 is 10.6 Å². The normalized spacial score (nSPS) is 32.1.